The molecule has 22 heavy (non-hydrogen) atoms. The monoisotopic (exact) mass is 301 g/mol. The van der Waals surface area contributed by atoms with E-state index in [1.807, 2.05) is 37.3 Å². The molecule has 0 aromatic heterocycles. The molecule has 1 fully saturated rings. The van der Waals surface area contributed by atoms with Crippen molar-refractivity contribution >= 4 is 0 Å². The summed E-state index contributed by atoms with van der Waals surface area (Å²) in [5, 5.41) is 3.39. The van der Waals surface area contributed by atoms with Gasteiger partial charge < -0.3 is 14.8 Å². The molecule has 1 aliphatic heterocycles. The zero-order valence-corrected chi connectivity index (χ0v) is 12.5. The van der Waals surface area contributed by atoms with Crippen LogP contribution in [-0.4, -0.2) is 19.4 Å². The number of hydrogen-bond acceptors (Lipinski definition) is 3. The van der Waals surface area contributed by atoms with Crippen molar-refractivity contribution in [2.45, 2.75) is 25.4 Å². The van der Waals surface area contributed by atoms with Gasteiger partial charge in [0.1, 0.15) is 5.82 Å². The van der Waals surface area contributed by atoms with E-state index in [4.69, 9.17) is 9.47 Å². The minimum Gasteiger partial charge on any atom is -0.349 e. The van der Waals surface area contributed by atoms with Gasteiger partial charge in [0.15, 0.2) is 6.29 Å². The van der Waals surface area contributed by atoms with E-state index in [0.29, 0.717) is 6.61 Å². The lowest BCUT2D eigenvalue weighted by atomic mass is 10.0. The Morgan fingerprint density at radius 1 is 1.14 bits per heavy atom. The van der Waals surface area contributed by atoms with Gasteiger partial charge in [0.05, 0.1) is 18.8 Å². The average Bonchev–Trinajstić information content (AvgIpc) is 2.57. The van der Waals surface area contributed by atoms with Crippen molar-refractivity contribution < 1.29 is 13.9 Å². The first-order chi connectivity index (χ1) is 10.7. The topological polar surface area (TPSA) is 30.5 Å². The fraction of sp³-hybridized carbons (Fsp3) is 0.333. The molecular formula is C18H20FNO2. The van der Waals surface area contributed by atoms with E-state index in [1.54, 1.807) is 12.1 Å². The molecule has 0 saturated carbocycles. The lowest BCUT2D eigenvalue weighted by Gasteiger charge is -2.34. The summed E-state index contributed by atoms with van der Waals surface area (Å²) in [7, 11) is 0. The third-order valence-electron chi connectivity index (χ3n) is 3.86. The van der Waals surface area contributed by atoms with Crippen LogP contribution < -0.4 is 5.32 Å². The van der Waals surface area contributed by atoms with Gasteiger partial charge in [-0.3, -0.25) is 0 Å². The summed E-state index contributed by atoms with van der Waals surface area (Å²) < 4.78 is 25.0. The maximum absolute atomic E-state index is 13.1. The molecule has 1 heterocycles. The third kappa shape index (κ3) is 3.53. The molecule has 0 spiro atoms. The van der Waals surface area contributed by atoms with Crippen molar-refractivity contribution in [2.24, 2.45) is 0 Å². The van der Waals surface area contributed by atoms with E-state index in [2.05, 4.69) is 5.32 Å². The number of ether oxygens (including phenoxy) is 2. The summed E-state index contributed by atoms with van der Waals surface area (Å²) in [5.41, 5.74) is 2.07. The summed E-state index contributed by atoms with van der Waals surface area (Å²) in [6.07, 6.45) is -0.469. The van der Waals surface area contributed by atoms with Crippen LogP contribution in [-0.2, 0) is 9.47 Å². The number of hydrogen-bond donors (Lipinski definition) is 1. The molecule has 116 valence electrons. The summed E-state index contributed by atoms with van der Waals surface area (Å²) in [5.74, 6) is -0.240. The molecule has 1 saturated heterocycles. The van der Waals surface area contributed by atoms with Gasteiger partial charge in [-0.05, 0) is 30.2 Å². The maximum Gasteiger partial charge on any atom is 0.177 e. The van der Waals surface area contributed by atoms with Crippen LogP contribution in [0.4, 0.5) is 4.39 Å². The van der Waals surface area contributed by atoms with Gasteiger partial charge in [0.25, 0.3) is 0 Å². The second kappa shape index (κ2) is 7.01. The Morgan fingerprint density at radius 2 is 1.86 bits per heavy atom. The molecule has 0 amide bonds. The lowest BCUT2D eigenvalue weighted by Crippen LogP contribution is -2.43. The molecular weight excluding hydrogens is 281 g/mol. The van der Waals surface area contributed by atoms with Crippen molar-refractivity contribution in [2.75, 3.05) is 13.2 Å². The highest BCUT2D eigenvalue weighted by Gasteiger charge is 2.29. The summed E-state index contributed by atoms with van der Waals surface area (Å²) in [6, 6.07) is 16.4. The van der Waals surface area contributed by atoms with Crippen molar-refractivity contribution in [3.05, 3.63) is 71.5 Å². The first-order valence-electron chi connectivity index (χ1n) is 7.55. The molecule has 4 heteroatoms. The van der Waals surface area contributed by atoms with Gasteiger partial charge in [0, 0.05) is 6.54 Å². The Hall–Kier alpha value is -1.75. The van der Waals surface area contributed by atoms with Crippen LogP contribution in [0.3, 0.4) is 0 Å². The number of morpholine rings is 1. The van der Waals surface area contributed by atoms with Crippen LogP contribution in [0.5, 0.6) is 0 Å². The normalized spacial score (nSPS) is 23.2. The second-order valence-corrected chi connectivity index (χ2v) is 5.41. The Kier molecular flexibility index (Phi) is 4.83. The maximum atomic E-state index is 13.1. The molecule has 0 aliphatic carbocycles. The van der Waals surface area contributed by atoms with Crippen LogP contribution >= 0.6 is 0 Å². The summed E-state index contributed by atoms with van der Waals surface area (Å²) in [4.78, 5) is 0. The predicted octanol–water partition coefficient (Wildman–Crippen LogP) is 3.59. The summed E-state index contributed by atoms with van der Waals surface area (Å²) >= 11 is 0. The van der Waals surface area contributed by atoms with Gasteiger partial charge in [-0.15, -0.1) is 0 Å². The molecule has 3 atom stereocenters. The number of benzene rings is 2. The Balaban J connectivity index is 1.74. The molecule has 0 unspecified atom stereocenters. The van der Waals surface area contributed by atoms with Crippen LogP contribution in [0.1, 0.15) is 30.2 Å². The van der Waals surface area contributed by atoms with E-state index < -0.39 is 6.29 Å². The first-order valence-corrected chi connectivity index (χ1v) is 7.55. The lowest BCUT2D eigenvalue weighted by molar-refractivity contribution is -0.200. The van der Waals surface area contributed by atoms with Crippen LogP contribution in [0.2, 0.25) is 0 Å². The fourth-order valence-corrected chi connectivity index (χ4v) is 2.65. The largest absolute Gasteiger partial charge is 0.349 e. The predicted molar refractivity (Wildman–Crippen MR) is 82.8 cm³/mol. The van der Waals surface area contributed by atoms with E-state index in [1.165, 1.54) is 12.1 Å². The van der Waals surface area contributed by atoms with Crippen molar-refractivity contribution in [3.63, 3.8) is 0 Å². The van der Waals surface area contributed by atoms with E-state index >= 15 is 0 Å². The molecule has 1 N–H and O–H groups in total. The molecule has 0 bridgehead atoms. The van der Waals surface area contributed by atoms with Gasteiger partial charge in [-0.25, -0.2) is 4.39 Å². The highest BCUT2D eigenvalue weighted by Crippen LogP contribution is 2.28. The van der Waals surface area contributed by atoms with Crippen LogP contribution in [0, 0.1) is 5.82 Å². The first kappa shape index (κ1) is 15.2. The smallest absolute Gasteiger partial charge is 0.177 e. The van der Waals surface area contributed by atoms with Crippen molar-refractivity contribution in [1.29, 1.82) is 0 Å². The molecule has 3 nitrogen and oxygen atoms in total. The minimum atomic E-state index is -0.394. The van der Waals surface area contributed by atoms with Crippen LogP contribution in [0.25, 0.3) is 0 Å². The zero-order chi connectivity index (χ0) is 15.4. The molecule has 1 aliphatic rings. The summed E-state index contributed by atoms with van der Waals surface area (Å²) in [6.45, 7) is 3.36. The van der Waals surface area contributed by atoms with E-state index in [9.17, 15) is 4.39 Å². The quantitative estimate of drug-likeness (QED) is 0.936. The van der Waals surface area contributed by atoms with Gasteiger partial charge in [0.2, 0.25) is 0 Å². The molecule has 0 radical (unpaired) electrons. The highest BCUT2D eigenvalue weighted by molar-refractivity contribution is 5.21. The van der Waals surface area contributed by atoms with Crippen molar-refractivity contribution in [1.82, 2.24) is 5.32 Å². The van der Waals surface area contributed by atoms with Crippen molar-refractivity contribution in [3.8, 4) is 0 Å². The van der Waals surface area contributed by atoms with Gasteiger partial charge >= 0.3 is 0 Å². The Morgan fingerprint density at radius 3 is 2.59 bits per heavy atom. The second-order valence-electron chi connectivity index (χ2n) is 5.41. The number of halogens is 1. The van der Waals surface area contributed by atoms with E-state index in [0.717, 1.165) is 17.7 Å². The Labute approximate surface area is 130 Å². The molecule has 2 aromatic rings. The third-order valence-corrected chi connectivity index (χ3v) is 3.86. The number of nitrogens with one attached hydrogen (secondary N) is 1. The van der Waals surface area contributed by atoms with Crippen LogP contribution in [0.15, 0.2) is 54.6 Å². The fourth-order valence-electron chi connectivity index (χ4n) is 2.65. The molecule has 2 aromatic carbocycles. The van der Waals surface area contributed by atoms with E-state index in [-0.39, 0.29) is 18.0 Å². The average molecular weight is 301 g/mol. The highest BCUT2D eigenvalue weighted by atomic mass is 19.1. The molecule has 3 rings (SSSR count). The van der Waals surface area contributed by atoms with Gasteiger partial charge in [-0.1, -0.05) is 42.5 Å². The standard InChI is InChI=1S/C18H20FNO2/c1-13(14-5-3-2-4-6-14)22-18-17(20-11-12-21-18)15-7-9-16(19)10-8-15/h2-10,13,17-18,20H,11-12H2,1H3/t13-,17+,18-/m1/s1. The zero-order valence-electron chi connectivity index (χ0n) is 12.5. The number of rotatable bonds is 4. The van der Waals surface area contributed by atoms with Gasteiger partial charge in [-0.2, -0.15) is 0 Å². The SMILES string of the molecule is C[C@@H](O[C@H]1OCCN[C@H]1c1ccc(F)cc1)c1ccccc1. The minimum absolute atomic E-state index is 0.0750. The Bertz CT molecular complexity index is 588.